The van der Waals surface area contributed by atoms with Gasteiger partial charge < -0.3 is 10.8 Å². The molecule has 0 aliphatic carbocycles. The van der Waals surface area contributed by atoms with E-state index < -0.39 is 21.8 Å². The van der Waals surface area contributed by atoms with E-state index in [0.29, 0.717) is 5.75 Å². The molecule has 0 saturated carbocycles. The highest BCUT2D eigenvalue weighted by Gasteiger charge is 2.12. The summed E-state index contributed by atoms with van der Waals surface area (Å²) in [6, 6.07) is -0.913. The van der Waals surface area contributed by atoms with E-state index in [2.05, 4.69) is 0 Å². The number of hydrogen-bond acceptors (Lipinski definition) is 5. The average molecular weight is 241 g/mol. The molecule has 0 fully saturated rings. The van der Waals surface area contributed by atoms with Crippen LogP contribution in [-0.4, -0.2) is 48.5 Å². The normalized spacial score (nSPS) is 13.9. The van der Waals surface area contributed by atoms with Crippen LogP contribution in [0.25, 0.3) is 0 Å². The van der Waals surface area contributed by atoms with Gasteiger partial charge in [0.05, 0.1) is 5.75 Å². The van der Waals surface area contributed by atoms with Crippen molar-refractivity contribution in [2.24, 2.45) is 5.73 Å². The first kappa shape index (κ1) is 13.7. The summed E-state index contributed by atoms with van der Waals surface area (Å²) in [6.45, 7) is 1.59. The Morgan fingerprint density at radius 1 is 1.57 bits per heavy atom. The first-order chi connectivity index (χ1) is 6.39. The fourth-order valence-electron chi connectivity index (χ4n) is 0.612. The molecular formula is C7H15NO4S2. The fourth-order valence-corrected chi connectivity index (χ4v) is 2.95. The number of thioether (sulfide) groups is 1. The van der Waals surface area contributed by atoms with Crippen molar-refractivity contribution in [3.05, 3.63) is 0 Å². The summed E-state index contributed by atoms with van der Waals surface area (Å²) in [5.74, 6) is -0.207. The Hall–Kier alpha value is -0.270. The van der Waals surface area contributed by atoms with Crippen LogP contribution in [0.4, 0.5) is 0 Å². The van der Waals surface area contributed by atoms with Crippen molar-refractivity contribution in [1.29, 1.82) is 0 Å². The van der Waals surface area contributed by atoms with Crippen LogP contribution in [0.1, 0.15) is 6.92 Å². The molecular weight excluding hydrogens is 226 g/mol. The van der Waals surface area contributed by atoms with E-state index in [1.165, 1.54) is 11.8 Å². The van der Waals surface area contributed by atoms with Crippen molar-refractivity contribution in [2.45, 2.75) is 13.0 Å². The fraction of sp³-hybridized carbons (Fsp3) is 0.857. The molecule has 84 valence electrons. The van der Waals surface area contributed by atoms with Crippen molar-refractivity contribution < 1.29 is 18.3 Å². The molecule has 0 aliphatic rings. The van der Waals surface area contributed by atoms with E-state index in [9.17, 15) is 13.2 Å². The summed E-state index contributed by atoms with van der Waals surface area (Å²) in [5.41, 5.74) is 5.23. The van der Waals surface area contributed by atoms with Crippen LogP contribution in [0.15, 0.2) is 0 Å². The number of hydrogen-bond donors (Lipinski definition) is 2. The summed E-state index contributed by atoms with van der Waals surface area (Å²) in [7, 11) is -2.95. The molecule has 1 atom stereocenters. The molecule has 0 aromatic heterocycles. The van der Waals surface area contributed by atoms with Gasteiger partial charge >= 0.3 is 5.97 Å². The number of rotatable bonds is 7. The molecule has 1 unspecified atom stereocenters. The molecule has 0 bridgehead atoms. The molecule has 7 heteroatoms. The number of sulfone groups is 1. The summed E-state index contributed by atoms with van der Waals surface area (Å²) >= 11 is 1.25. The maximum Gasteiger partial charge on any atom is 0.321 e. The predicted octanol–water partition coefficient (Wildman–Crippen LogP) is -0.434. The van der Waals surface area contributed by atoms with Crippen molar-refractivity contribution in [3.63, 3.8) is 0 Å². The molecule has 0 aromatic rings. The van der Waals surface area contributed by atoms with Crippen LogP contribution < -0.4 is 5.73 Å². The monoisotopic (exact) mass is 241 g/mol. The van der Waals surface area contributed by atoms with Crippen molar-refractivity contribution >= 4 is 27.6 Å². The molecule has 0 aromatic carbocycles. The zero-order valence-corrected chi connectivity index (χ0v) is 9.60. The van der Waals surface area contributed by atoms with Crippen LogP contribution in [0.2, 0.25) is 0 Å². The topological polar surface area (TPSA) is 97.5 Å². The molecule has 0 amide bonds. The molecule has 0 rings (SSSR count). The van der Waals surface area contributed by atoms with E-state index >= 15 is 0 Å². The molecule has 0 spiro atoms. The van der Waals surface area contributed by atoms with Crippen LogP contribution in [0, 0.1) is 0 Å². The summed E-state index contributed by atoms with van der Waals surface area (Å²) in [5, 5.41) is 8.43. The van der Waals surface area contributed by atoms with Crippen LogP contribution in [0.5, 0.6) is 0 Å². The van der Waals surface area contributed by atoms with Gasteiger partial charge in [-0.2, -0.15) is 11.8 Å². The SMILES string of the molecule is CCS(=O)(=O)CCSCC(N)C(=O)O. The van der Waals surface area contributed by atoms with Gasteiger partial charge in [-0.3, -0.25) is 4.79 Å². The van der Waals surface area contributed by atoms with Gasteiger partial charge in [0.1, 0.15) is 6.04 Å². The summed E-state index contributed by atoms with van der Waals surface area (Å²) in [4.78, 5) is 10.3. The predicted molar refractivity (Wildman–Crippen MR) is 57.3 cm³/mol. The third-order valence-corrected chi connectivity index (χ3v) is 4.64. The maximum absolute atomic E-state index is 11.0. The second-order valence-corrected chi connectivity index (χ2v) is 6.38. The number of nitrogens with two attached hydrogens (primary N) is 1. The average Bonchev–Trinajstić information content (AvgIpc) is 2.12. The largest absolute Gasteiger partial charge is 0.480 e. The van der Waals surface area contributed by atoms with Gasteiger partial charge in [-0.05, 0) is 0 Å². The third-order valence-electron chi connectivity index (χ3n) is 1.59. The lowest BCUT2D eigenvalue weighted by molar-refractivity contribution is -0.137. The van der Waals surface area contributed by atoms with Crippen molar-refractivity contribution in [1.82, 2.24) is 0 Å². The lowest BCUT2D eigenvalue weighted by atomic mass is 10.4. The minimum Gasteiger partial charge on any atom is -0.480 e. The number of carboxylic acid groups (broad SMARTS) is 1. The van der Waals surface area contributed by atoms with Crippen molar-refractivity contribution in [2.75, 3.05) is 23.0 Å². The highest BCUT2D eigenvalue weighted by molar-refractivity contribution is 8.00. The lowest BCUT2D eigenvalue weighted by Gasteiger charge is -2.05. The number of aliphatic carboxylic acids is 1. The van der Waals surface area contributed by atoms with Crippen molar-refractivity contribution in [3.8, 4) is 0 Å². The Balaban J connectivity index is 3.62. The Morgan fingerprint density at radius 2 is 2.14 bits per heavy atom. The second kappa shape index (κ2) is 6.26. The third kappa shape index (κ3) is 6.22. The number of carbonyl (C=O) groups is 1. The van der Waals surface area contributed by atoms with E-state index in [1.807, 2.05) is 0 Å². The highest BCUT2D eigenvalue weighted by Crippen LogP contribution is 2.04. The summed E-state index contributed by atoms with van der Waals surface area (Å²) in [6.07, 6.45) is 0. The van der Waals surface area contributed by atoms with Gasteiger partial charge in [0.2, 0.25) is 0 Å². The molecule has 14 heavy (non-hydrogen) atoms. The molecule has 5 nitrogen and oxygen atoms in total. The second-order valence-electron chi connectivity index (χ2n) is 2.76. The Labute approximate surface area is 88.0 Å². The quantitative estimate of drug-likeness (QED) is 0.587. The molecule has 3 N–H and O–H groups in total. The smallest absolute Gasteiger partial charge is 0.321 e. The summed E-state index contributed by atoms with van der Waals surface area (Å²) < 4.78 is 22.0. The zero-order chi connectivity index (χ0) is 11.2. The van der Waals surface area contributed by atoms with Gasteiger partial charge in [0.25, 0.3) is 0 Å². The van der Waals surface area contributed by atoms with E-state index in [0.717, 1.165) is 0 Å². The minimum absolute atomic E-state index is 0.0838. The standard InChI is InChI=1S/C7H15NO4S2/c1-2-14(11,12)4-3-13-5-6(8)7(9)10/h6H,2-5,8H2,1H3,(H,9,10). The van der Waals surface area contributed by atoms with E-state index in [1.54, 1.807) is 6.92 Å². The molecule has 0 saturated heterocycles. The maximum atomic E-state index is 11.0. The Kier molecular flexibility index (Phi) is 6.14. The number of carboxylic acids is 1. The minimum atomic E-state index is -2.95. The Morgan fingerprint density at radius 3 is 2.57 bits per heavy atom. The van der Waals surface area contributed by atoms with Gasteiger partial charge in [-0.1, -0.05) is 6.92 Å². The molecule has 0 heterocycles. The molecule has 0 aliphatic heterocycles. The first-order valence-electron chi connectivity index (χ1n) is 4.15. The van der Waals surface area contributed by atoms with Crippen LogP contribution in [0.3, 0.4) is 0 Å². The van der Waals surface area contributed by atoms with Gasteiger partial charge in [-0.25, -0.2) is 8.42 Å². The van der Waals surface area contributed by atoms with Crippen LogP contribution >= 0.6 is 11.8 Å². The van der Waals surface area contributed by atoms with Gasteiger partial charge in [-0.15, -0.1) is 0 Å². The Bertz CT molecular complexity index is 275. The van der Waals surface area contributed by atoms with E-state index in [4.69, 9.17) is 10.8 Å². The lowest BCUT2D eigenvalue weighted by Crippen LogP contribution is -2.32. The zero-order valence-electron chi connectivity index (χ0n) is 7.97. The molecule has 0 radical (unpaired) electrons. The highest BCUT2D eigenvalue weighted by atomic mass is 32.2. The van der Waals surface area contributed by atoms with Crippen LogP contribution in [-0.2, 0) is 14.6 Å². The van der Waals surface area contributed by atoms with Gasteiger partial charge in [0.15, 0.2) is 9.84 Å². The first-order valence-corrected chi connectivity index (χ1v) is 7.13. The van der Waals surface area contributed by atoms with Gasteiger partial charge in [0, 0.05) is 17.3 Å². The van der Waals surface area contributed by atoms with E-state index in [-0.39, 0.29) is 17.3 Å².